The van der Waals surface area contributed by atoms with Crippen LogP contribution in [0.1, 0.15) is 38.8 Å². The van der Waals surface area contributed by atoms with Crippen LogP contribution in [0.5, 0.6) is 0 Å². The summed E-state index contributed by atoms with van der Waals surface area (Å²) in [6.07, 6.45) is -0.140. The van der Waals surface area contributed by atoms with Gasteiger partial charge in [0.15, 0.2) is 0 Å². The van der Waals surface area contributed by atoms with E-state index in [2.05, 4.69) is 10.6 Å². The van der Waals surface area contributed by atoms with Crippen LogP contribution in [-0.4, -0.2) is 25.4 Å². The molecule has 2 aromatic carbocycles. The zero-order chi connectivity index (χ0) is 21.2. The van der Waals surface area contributed by atoms with Gasteiger partial charge in [-0.2, -0.15) is 0 Å². The molecule has 0 saturated carbocycles. The molecule has 0 radical (unpaired) electrons. The van der Waals surface area contributed by atoms with Crippen molar-refractivity contribution in [2.24, 2.45) is 11.8 Å². The Balaban J connectivity index is 1.83. The molecular weight excluding hydrogens is 368 g/mol. The van der Waals surface area contributed by atoms with Gasteiger partial charge < -0.3 is 9.47 Å². The fraction of sp³-hybridized carbons (Fsp3) is 0.391. The number of rotatable bonds is 8. The van der Waals surface area contributed by atoms with E-state index >= 15 is 0 Å². The van der Waals surface area contributed by atoms with Crippen molar-refractivity contribution in [3.8, 4) is 0 Å². The molecule has 2 aromatic rings. The fourth-order valence-electron chi connectivity index (χ4n) is 2.44. The monoisotopic (exact) mass is 398 g/mol. The molecule has 0 aliphatic carbocycles. The van der Waals surface area contributed by atoms with Crippen LogP contribution in [-0.2, 0) is 15.9 Å². The molecule has 2 rings (SSSR count). The van der Waals surface area contributed by atoms with Gasteiger partial charge in [0.2, 0.25) is 0 Å². The van der Waals surface area contributed by atoms with E-state index in [1.54, 1.807) is 0 Å². The van der Waals surface area contributed by atoms with Gasteiger partial charge in [0.1, 0.15) is 0 Å². The number of hydrogen-bond donors (Lipinski definition) is 2. The topological polar surface area (TPSA) is 76.7 Å². The van der Waals surface area contributed by atoms with E-state index < -0.39 is 12.2 Å². The smallest absolute Gasteiger partial charge is 0.411 e. The summed E-state index contributed by atoms with van der Waals surface area (Å²) in [5, 5.41) is 5.44. The molecule has 6 nitrogen and oxygen atoms in total. The second kappa shape index (κ2) is 11.1. The van der Waals surface area contributed by atoms with Crippen molar-refractivity contribution in [1.29, 1.82) is 0 Å². The van der Waals surface area contributed by atoms with Crippen LogP contribution in [0.2, 0.25) is 0 Å². The first-order chi connectivity index (χ1) is 13.8. The van der Waals surface area contributed by atoms with E-state index in [0.717, 1.165) is 17.5 Å². The number of anilines is 2. The van der Waals surface area contributed by atoms with Crippen LogP contribution in [0.25, 0.3) is 0 Å². The Kier molecular flexibility index (Phi) is 8.52. The first-order valence-corrected chi connectivity index (χ1v) is 9.87. The predicted molar refractivity (Wildman–Crippen MR) is 115 cm³/mol. The average Bonchev–Trinajstić information content (AvgIpc) is 2.68. The van der Waals surface area contributed by atoms with Crippen molar-refractivity contribution in [1.82, 2.24) is 0 Å². The number of carbonyl (C=O) groups excluding carboxylic acids is 2. The maximum absolute atomic E-state index is 11.7. The molecular formula is C23H30N2O4. The minimum atomic E-state index is -0.443. The molecule has 0 bridgehead atoms. The summed E-state index contributed by atoms with van der Waals surface area (Å²) in [7, 11) is 0. The Morgan fingerprint density at radius 3 is 1.34 bits per heavy atom. The van der Waals surface area contributed by atoms with E-state index in [0.29, 0.717) is 36.4 Å². The lowest BCUT2D eigenvalue weighted by atomic mass is 10.0. The molecule has 29 heavy (non-hydrogen) atoms. The van der Waals surface area contributed by atoms with Crippen LogP contribution in [0.15, 0.2) is 48.5 Å². The van der Waals surface area contributed by atoms with Crippen LogP contribution >= 0.6 is 0 Å². The van der Waals surface area contributed by atoms with Gasteiger partial charge in [0, 0.05) is 11.4 Å². The van der Waals surface area contributed by atoms with Gasteiger partial charge in [-0.25, -0.2) is 9.59 Å². The Bertz CT molecular complexity index is 716. The third-order valence-corrected chi connectivity index (χ3v) is 3.90. The molecule has 0 aliphatic heterocycles. The first-order valence-electron chi connectivity index (χ1n) is 9.87. The highest BCUT2D eigenvalue weighted by Gasteiger charge is 2.06. The summed E-state index contributed by atoms with van der Waals surface area (Å²) in [5.74, 6) is 0.603. The maximum Gasteiger partial charge on any atom is 0.411 e. The van der Waals surface area contributed by atoms with E-state index in [-0.39, 0.29) is 0 Å². The lowest BCUT2D eigenvalue weighted by molar-refractivity contribution is 0.147. The Labute approximate surface area is 172 Å². The van der Waals surface area contributed by atoms with Crippen LogP contribution in [0.3, 0.4) is 0 Å². The number of amides is 2. The van der Waals surface area contributed by atoms with Crippen LogP contribution < -0.4 is 10.6 Å². The Morgan fingerprint density at radius 2 is 1.03 bits per heavy atom. The van der Waals surface area contributed by atoms with Crippen molar-refractivity contribution < 1.29 is 19.1 Å². The summed E-state index contributed by atoms with van der Waals surface area (Å²) in [4.78, 5) is 23.4. The molecule has 0 aliphatic rings. The molecule has 0 unspecified atom stereocenters. The average molecular weight is 399 g/mol. The summed E-state index contributed by atoms with van der Waals surface area (Å²) in [5.41, 5.74) is 3.62. The summed E-state index contributed by atoms with van der Waals surface area (Å²) in [6, 6.07) is 15.3. The highest BCUT2D eigenvalue weighted by Crippen LogP contribution is 2.16. The van der Waals surface area contributed by atoms with Gasteiger partial charge in [0.25, 0.3) is 0 Å². The van der Waals surface area contributed by atoms with Crippen molar-refractivity contribution in [3.63, 3.8) is 0 Å². The molecule has 0 saturated heterocycles. The second-order valence-corrected chi connectivity index (χ2v) is 7.81. The molecule has 6 heteroatoms. The molecule has 0 heterocycles. The van der Waals surface area contributed by atoms with Gasteiger partial charge >= 0.3 is 12.2 Å². The fourth-order valence-corrected chi connectivity index (χ4v) is 2.44. The molecule has 0 fully saturated rings. The third-order valence-electron chi connectivity index (χ3n) is 3.90. The molecule has 2 N–H and O–H groups in total. The number of carbonyl (C=O) groups is 2. The Hall–Kier alpha value is -3.02. The number of ether oxygens (including phenoxy) is 2. The standard InChI is InChI=1S/C23H30N2O4/c1-16(2)14-28-22(26)24-20-9-5-18(6-10-20)13-19-7-11-21(12-8-19)25-23(27)29-15-17(3)4/h5-12,16-17H,13-15H2,1-4H3,(H,24,26)(H,25,27). The highest BCUT2D eigenvalue weighted by atomic mass is 16.6. The summed E-state index contributed by atoms with van der Waals surface area (Å²) in [6.45, 7) is 8.74. The van der Waals surface area contributed by atoms with Crippen LogP contribution in [0.4, 0.5) is 21.0 Å². The number of nitrogens with one attached hydrogen (secondary N) is 2. The minimum Gasteiger partial charge on any atom is -0.449 e. The predicted octanol–water partition coefficient (Wildman–Crippen LogP) is 5.69. The third kappa shape index (κ3) is 8.68. The van der Waals surface area contributed by atoms with E-state index in [1.165, 1.54) is 0 Å². The summed E-state index contributed by atoms with van der Waals surface area (Å²) >= 11 is 0. The molecule has 0 spiro atoms. The Morgan fingerprint density at radius 1 is 0.690 bits per heavy atom. The van der Waals surface area contributed by atoms with E-state index in [9.17, 15) is 9.59 Å². The largest absolute Gasteiger partial charge is 0.449 e. The van der Waals surface area contributed by atoms with Crippen molar-refractivity contribution >= 4 is 23.6 Å². The summed E-state index contributed by atoms with van der Waals surface area (Å²) < 4.78 is 10.2. The first kappa shape index (κ1) is 22.3. The second-order valence-electron chi connectivity index (χ2n) is 7.81. The van der Waals surface area contributed by atoms with Gasteiger partial charge in [-0.05, 0) is 53.6 Å². The zero-order valence-corrected chi connectivity index (χ0v) is 17.5. The number of benzene rings is 2. The molecule has 2 amide bonds. The van der Waals surface area contributed by atoms with Gasteiger partial charge in [-0.15, -0.1) is 0 Å². The van der Waals surface area contributed by atoms with Crippen molar-refractivity contribution in [3.05, 3.63) is 59.7 Å². The molecule has 0 aromatic heterocycles. The van der Waals surface area contributed by atoms with E-state index in [1.807, 2.05) is 76.2 Å². The van der Waals surface area contributed by atoms with Crippen LogP contribution in [0, 0.1) is 11.8 Å². The van der Waals surface area contributed by atoms with Crippen molar-refractivity contribution in [2.45, 2.75) is 34.1 Å². The minimum absolute atomic E-state index is 0.301. The van der Waals surface area contributed by atoms with Gasteiger partial charge in [-0.1, -0.05) is 52.0 Å². The van der Waals surface area contributed by atoms with Gasteiger partial charge in [-0.3, -0.25) is 10.6 Å². The quantitative estimate of drug-likeness (QED) is 0.599. The SMILES string of the molecule is CC(C)COC(=O)Nc1ccc(Cc2ccc(NC(=O)OCC(C)C)cc2)cc1. The molecule has 156 valence electrons. The highest BCUT2D eigenvalue weighted by molar-refractivity contribution is 5.85. The maximum atomic E-state index is 11.7. The normalized spacial score (nSPS) is 10.7. The molecule has 0 atom stereocenters. The van der Waals surface area contributed by atoms with E-state index in [4.69, 9.17) is 9.47 Å². The zero-order valence-electron chi connectivity index (χ0n) is 17.5. The lowest BCUT2D eigenvalue weighted by Gasteiger charge is -2.10. The van der Waals surface area contributed by atoms with Crippen molar-refractivity contribution in [2.75, 3.05) is 23.8 Å². The number of hydrogen-bond acceptors (Lipinski definition) is 4. The van der Waals surface area contributed by atoms with Gasteiger partial charge in [0.05, 0.1) is 13.2 Å². The lowest BCUT2D eigenvalue weighted by Crippen LogP contribution is -2.16.